The lowest BCUT2D eigenvalue weighted by molar-refractivity contribution is 0.0438. The van der Waals surface area contributed by atoms with Gasteiger partial charge >= 0.3 is 5.97 Å². The van der Waals surface area contributed by atoms with Crippen LogP contribution in [-0.4, -0.2) is 35.5 Å². The molecule has 0 spiro atoms. The van der Waals surface area contributed by atoms with Crippen LogP contribution in [0.1, 0.15) is 29.1 Å². The highest BCUT2D eigenvalue weighted by molar-refractivity contribution is 7.13. The van der Waals surface area contributed by atoms with Crippen LogP contribution in [0.15, 0.2) is 46.2 Å². The quantitative estimate of drug-likeness (QED) is 0.572. The number of rotatable bonds is 7. The predicted molar refractivity (Wildman–Crippen MR) is 97.6 cm³/mol. The fourth-order valence-corrected chi connectivity index (χ4v) is 3.32. The van der Waals surface area contributed by atoms with Crippen LogP contribution in [0.3, 0.4) is 0 Å². The van der Waals surface area contributed by atoms with Gasteiger partial charge in [-0.05, 0) is 48.6 Å². The van der Waals surface area contributed by atoms with E-state index >= 15 is 0 Å². The molecule has 140 valence electrons. The van der Waals surface area contributed by atoms with E-state index in [1.54, 1.807) is 24.3 Å². The molecule has 0 saturated carbocycles. The molecule has 1 atom stereocenters. The summed E-state index contributed by atoms with van der Waals surface area (Å²) in [6.45, 7) is 1.25. The van der Waals surface area contributed by atoms with Gasteiger partial charge in [-0.1, -0.05) is 6.07 Å². The largest absolute Gasteiger partial charge is 0.491 e. The lowest BCUT2D eigenvalue weighted by atomic mass is 10.2. The van der Waals surface area contributed by atoms with E-state index in [4.69, 9.17) is 18.6 Å². The predicted octanol–water partition coefficient (Wildman–Crippen LogP) is 3.71. The molecular formula is C19H18N2O5S. The van der Waals surface area contributed by atoms with E-state index in [9.17, 15) is 4.79 Å². The van der Waals surface area contributed by atoms with Crippen molar-refractivity contribution in [3.05, 3.63) is 53.2 Å². The lowest BCUT2D eigenvalue weighted by Crippen LogP contribution is -2.16. The Balaban J connectivity index is 1.28. The minimum absolute atomic E-state index is 0.0749. The molecule has 7 nitrogen and oxygen atoms in total. The van der Waals surface area contributed by atoms with Crippen LogP contribution >= 0.6 is 11.3 Å². The van der Waals surface area contributed by atoms with Gasteiger partial charge in [-0.2, -0.15) is 0 Å². The minimum Gasteiger partial charge on any atom is -0.491 e. The number of hydrogen-bond donors (Lipinski definition) is 0. The van der Waals surface area contributed by atoms with Gasteiger partial charge in [0.1, 0.15) is 12.4 Å². The Labute approximate surface area is 159 Å². The van der Waals surface area contributed by atoms with Crippen molar-refractivity contribution < 1.29 is 23.4 Å². The number of carbonyl (C=O) groups is 1. The maximum absolute atomic E-state index is 12.2. The summed E-state index contributed by atoms with van der Waals surface area (Å²) in [6.07, 6.45) is 2.25. The Morgan fingerprint density at radius 1 is 1.22 bits per heavy atom. The minimum atomic E-state index is -0.462. The van der Waals surface area contributed by atoms with Gasteiger partial charge in [-0.25, -0.2) is 4.79 Å². The summed E-state index contributed by atoms with van der Waals surface area (Å²) in [5.74, 6) is 0.906. The SMILES string of the molecule is O=C(OCc1nnc(-c2cccs2)o1)c1ccc(OCC2CCCO2)cc1. The van der Waals surface area contributed by atoms with Crippen molar-refractivity contribution in [2.24, 2.45) is 0 Å². The monoisotopic (exact) mass is 386 g/mol. The molecule has 27 heavy (non-hydrogen) atoms. The fourth-order valence-electron chi connectivity index (χ4n) is 2.67. The second-order valence-corrected chi connectivity index (χ2v) is 6.97. The van der Waals surface area contributed by atoms with Crippen LogP contribution in [0.5, 0.6) is 5.75 Å². The zero-order chi connectivity index (χ0) is 18.5. The Hall–Kier alpha value is -2.71. The zero-order valence-corrected chi connectivity index (χ0v) is 15.3. The molecule has 3 heterocycles. The van der Waals surface area contributed by atoms with Gasteiger partial charge in [0.15, 0.2) is 6.61 Å². The number of esters is 1. The van der Waals surface area contributed by atoms with Crippen molar-refractivity contribution in [1.29, 1.82) is 0 Å². The van der Waals surface area contributed by atoms with E-state index in [0.29, 0.717) is 23.8 Å². The molecule has 1 saturated heterocycles. The van der Waals surface area contributed by atoms with E-state index in [-0.39, 0.29) is 18.6 Å². The number of thiophene rings is 1. The van der Waals surface area contributed by atoms with Gasteiger partial charge in [0.2, 0.25) is 0 Å². The maximum Gasteiger partial charge on any atom is 0.338 e. The molecule has 1 unspecified atom stereocenters. The van der Waals surface area contributed by atoms with Crippen LogP contribution in [0.25, 0.3) is 10.8 Å². The van der Waals surface area contributed by atoms with Gasteiger partial charge in [0.05, 0.1) is 16.5 Å². The third kappa shape index (κ3) is 4.53. The summed E-state index contributed by atoms with van der Waals surface area (Å²) in [5.41, 5.74) is 0.428. The summed E-state index contributed by atoms with van der Waals surface area (Å²) in [7, 11) is 0. The molecule has 3 aromatic rings. The van der Waals surface area contributed by atoms with Crippen LogP contribution in [0, 0.1) is 0 Å². The standard InChI is InChI=1S/C19H18N2O5S/c22-19(25-12-17-20-21-18(26-17)16-4-2-10-27-16)13-5-7-14(8-6-13)24-11-15-3-1-9-23-15/h2,4-8,10,15H,1,3,9,11-12H2. The topological polar surface area (TPSA) is 83.7 Å². The van der Waals surface area contributed by atoms with Gasteiger partial charge < -0.3 is 18.6 Å². The number of benzene rings is 1. The molecule has 2 aromatic heterocycles. The van der Waals surface area contributed by atoms with E-state index in [1.807, 2.05) is 17.5 Å². The maximum atomic E-state index is 12.2. The highest BCUT2D eigenvalue weighted by Crippen LogP contribution is 2.23. The molecule has 1 aliphatic heterocycles. The Bertz CT molecular complexity index is 870. The van der Waals surface area contributed by atoms with Crippen molar-refractivity contribution in [2.45, 2.75) is 25.6 Å². The van der Waals surface area contributed by atoms with Crippen LogP contribution in [-0.2, 0) is 16.1 Å². The third-order valence-corrected chi connectivity index (χ3v) is 4.93. The van der Waals surface area contributed by atoms with Crippen molar-refractivity contribution in [2.75, 3.05) is 13.2 Å². The highest BCUT2D eigenvalue weighted by Gasteiger charge is 2.16. The first-order valence-electron chi connectivity index (χ1n) is 8.66. The number of carbonyl (C=O) groups excluding carboxylic acids is 1. The summed E-state index contributed by atoms with van der Waals surface area (Å²) in [6, 6.07) is 10.6. The summed E-state index contributed by atoms with van der Waals surface area (Å²) in [5, 5.41) is 9.77. The normalized spacial score (nSPS) is 16.4. The highest BCUT2D eigenvalue weighted by atomic mass is 32.1. The zero-order valence-electron chi connectivity index (χ0n) is 14.5. The van der Waals surface area contributed by atoms with Crippen molar-refractivity contribution in [1.82, 2.24) is 10.2 Å². The summed E-state index contributed by atoms with van der Waals surface area (Å²) in [4.78, 5) is 13.0. The van der Waals surface area contributed by atoms with Crippen LogP contribution in [0.2, 0.25) is 0 Å². The number of ether oxygens (including phenoxy) is 3. The summed E-state index contributed by atoms with van der Waals surface area (Å²) < 4.78 is 21.9. The number of aromatic nitrogens is 2. The molecule has 8 heteroatoms. The van der Waals surface area contributed by atoms with Crippen molar-refractivity contribution >= 4 is 17.3 Å². The first kappa shape index (κ1) is 17.7. The molecule has 0 bridgehead atoms. The Morgan fingerprint density at radius 2 is 2.11 bits per heavy atom. The Morgan fingerprint density at radius 3 is 2.85 bits per heavy atom. The average Bonchev–Trinajstić information content (AvgIpc) is 3.47. The molecule has 0 aliphatic carbocycles. The van der Waals surface area contributed by atoms with E-state index in [0.717, 1.165) is 24.3 Å². The number of hydrogen-bond acceptors (Lipinski definition) is 8. The molecule has 0 N–H and O–H groups in total. The van der Waals surface area contributed by atoms with E-state index in [1.165, 1.54) is 11.3 Å². The smallest absolute Gasteiger partial charge is 0.338 e. The van der Waals surface area contributed by atoms with Crippen LogP contribution in [0.4, 0.5) is 0 Å². The van der Waals surface area contributed by atoms with Crippen molar-refractivity contribution in [3.63, 3.8) is 0 Å². The molecule has 1 aliphatic rings. The lowest BCUT2D eigenvalue weighted by Gasteiger charge is -2.11. The number of nitrogens with zero attached hydrogens (tertiary/aromatic N) is 2. The van der Waals surface area contributed by atoms with E-state index < -0.39 is 5.97 Å². The average molecular weight is 386 g/mol. The van der Waals surface area contributed by atoms with Gasteiger partial charge in [0.25, 0.3) is 11.8 Å². The van der Waals surface area contributed by atoms with E-state index in [2.05, 4.69) is 10.2 Å². The van der Waals surface area contributed by atoms with Gasteiger partial charge in [-0.15, -0.1) is 21.5 Å². The van der Waals surface area contributed by atoms with Crippen molar-refractivity contribution in [3.8, 4) is 16.5 Å². The van der Waals surface area contributed by atoms with Gasteiger partial charge in [-0.3, -0.25) is 0 Å². The second-order valence-electron chi connectivity index (χ2n) is 6.02. The van der Waals surface area contributed by atoms with Gasteiger partial charge in [0, 0.05) is 6.61 Å². The molecule has 0 radical (unpaired) electrons. The molecular weight excluding hydrogens is 368 g/mol. The molecule has 4 rings (SSSR count). The fraction of sp³-hybridized carbons (Fsp3) is 0.316. The third-order valence-electron chi connectivity index (χ3n) is 4.08. The molecule has 0 amide bonds. The second kappa shape index (κ2) is 8.32. The Kier molecular flexibility index (Phi) is 5.45. The first-order chi connectivity index (χ1) is 13.3. The molecule has 1 aromatic carbocycles. The first-order valence-corrected chi connectivity index (χ1v) is 9.54. The van der Waals surface area contributed by atoms with Crippen LogP contribution < -0.4 is 4.74 Å². The summed E-state index contributed by atoms with van der Waals surface area (Å²) >= 11 is 1.50. The molecule has 1 fully saturated rings.